The highest BCUT2D eigenvalue weighted by Gasteiger charge is 2.56. The predicted molar refractivity (Wildman–Crippen MR) is 141 cm³/mol. The number of ether oxygens (including phenoxy) is 1. The van der Waals surface area contributed by atoms with E-state index in [4.69, 9.17) is 4.74 Å². The molecule has 2 aliphatic heterocycles. The molecule has 0 spiro atoms. The highest BCUT2D eigenvalue weighted by Crippen LogP contribution is 2.54. The van der Waals surface area contributed by atoms with Crippen molar-refractivity contribution in [3.8, 4) is 0 Å². The molecule has 0 N–H and O–H groups in total. The third-order valence-corrected chi connectivity index (χ3v) is 9.56. The Hall–Kier alpha value is -2.21. The molecule has 7 nitrogen and oxygen atoms in total. The standard InChI is InChI=1S/C24H18Br2N2O5S2/c1-2-33-16(29)11-27-23-20(35-24(27)32)17(12-4-3-5-14(26)10-12)18-19(34-23)22(31)28(21(18)30)15-8-6-13(25)7-9-15/h3-10,17-19H,2,11H2,1H3/t17-,18-,19+/m0/s1. The number of thioether (sulfide) groups is 1. The van der Waals surface area contributed by atoms with Gasteiger partial charge in [0.1, 0.15) is 11.8 Å². The summed E-state index contributed by atoms with van der Waals surface area (Å²) in [6.45, 7) is 1.66. The number of anilines is 1. The zero-order valence-electron chi connectivity index (χ0n) is 18.3. The molecule has 0 aliphatic carbocycles. The monoisotopic (exact) mass is 636 g/mol. The molecule has 1 aromatic heterocycles. The van der Waals surface area contributed by atoms with Crippen molar-refractivity contribution in [2.24, 2.45) is 5.92 Å². The third-order valence-electron chi connectivity index (χ3n) is 5.93. The minimum absolute atomic E-state index is 0.202. The summed E-state index contributed by atoms with van der Waals surface area (Å²) in [5, 5.41) is -0.192. The van der Waals surface area contributed by atoms with E-state index in [9.17, 15) is 19.2 Å². The minimum Gasteiger partial charge on any atom is -0.465 e. The van der Waals surface area contributed by atoms with Crippen LogP contribution < -0.4 is 9.77 Å². The SMILES string of the molecule is CCOC(=O)Cn1c2c(sc1=O)[C@@H](c1cccc(Br)c1)[C@@H]1C(=O)N(c3ccc(Br)cc3)C(=O)[C@@H]1S2. The molecule has 3 heterocycles. The molecule has 35 heavy (non-hydrogen) atoms. The second kappa shape index (κ2) is 9.68. The number of hydrogen-bond acceptors (Lipinski definition) is 7. The Morgan fingerprint density at radius 1 is 1.03 bits per heavy atom. The highest BCUT2D eigenvalue weighted by molar-refractivity contribution is 9.10. The molecule has 0 radical (unpaired) electrons. The lowest BCUT2D eigenvalue weighted by atomic mass is 9.83. The fourth-order valence-corrected chi connectivity index (χ4v) is 7.95. The van der Waals surface area contributed by atoms with Crippen LogP contribution in [-0.4, -0.2) is 34.2 Å². The Bertz CT molecular complexity index is 1400. The summed E-state index contributed by atoms with van der Waals surface area (Å²) in [5.74, 6) is -2.36. The first kappa shape index (κ1) is 24.5. The lowest BCUT2D eigenvalue weighted by molar-refractivity contribution is -0.144. The number of nitrogens with zero attached hydrogens (tertiary/aromatic N) is 2. The second-order valence-electron chi connectivity index (χ2n) is 8.01. The molecule has 5 rings (SSSR count). The van der Waals surface area contributed by atoms with Crippen LogP contribution >= 0.6 is 55.0 Å². The number of aromatic nitrogens is 1. The molecule has 2 amide bonds. The molecule has 0 bridgehead atoms. The van der Waals surface area contributed by atoms with Crippen molar-refractivity contribution >= 4 is 78.4 Å². The van der Waals surface area contributed by atoms with E-state index in [1.807, 2.05) is 24.3 Å². The van der Waals surface area contributed by atoms with Crippen molar-refractivity contribution in [1.82, 2.24) is 4.57 Å². The van der Waals surface area contributed by atoms with E-state index in [0.29, 0.717) is 15.6 Å². The average molecular weight is 638 g/mol. The molecular formula is C24H18Br2N2O5S2. The number of hydrogen-bond donors (Lipinski definition) is 0. The van der Waals surface area contributed by atoms with E-state index < -0.39 is 23.1 Å². The Balaban J connectivity index is 1.65. The van der Waals surface area contributed by atoms with Crippen molar-refractivity contribution in [2.45, 2.75) is 29.7 Å². The smallest absolute Gasteiger partial charge is 0.326 e. The Morgan fingerprint density at radius 3 is 2.46 bits per heavy atom. The number of thiazole rings is 1. The summed E-state index contributed by atoms with van der Waals surface area (Å²) in [7, 11) is 0. The molecule has 180 valence electrons. The first-order valence-corrected chi connectivity index (χ1v) is 14.0. The molecule has 1 saturated heterocycles. The van der Waals surface area contributed by atoms with Gasteiger partial charge in [-0.3, -0.25) is 23.7 Å². The Kier molecular flexibility index (Phi) is 6.77. The van der Waals surface area contributed by atoms with E-state index in [2.05, 4.69) is 31.9 Å². The number of amides is 2. The van der Waals surface area contributed by atoms with Crippen molar-refractivity contribution in [2.75, 3.05) is 11.5 Å². The summed E-state index contributed by atoms with van der Waals surface area (Å²) >= 11 is 9.08. The minimum atomic E-state index is -0.731. The van der Waals surface area contributed by atoms with Gasteiger partial charge in [0.25, 0.3) is 0 Å². The second-order valence-corrected chi connectivity index (χ2v) is 12.0. The van der Waals surface area contributed by atoms with Crippen LogP contribution in [0.15, 0.2) is 67.3 Å². The number of esters is 1. The zero-order valence-corrected chi connectivity index (χ0v) is 23.1. The van der Waals surface area contributed by atoms with Gasteiger partial charge < -0.3 is 4.74 Å². The van der Waals surface area contributed by atoms with E-state index in [1.165, 1.54) is 21.2 Å². The largest absolute Gasteiger partial charge is 0.465 e. The van der Waals surface area contributed by atoms with Gasteiger partial charge in [-0.25, -0.2) is 4.90 Å². The van der Waals surface area contributed by atoms with Gasteiger partial charge in [-0.1, -0.05) is 67.1 Å². The molecule has 1 fully saturated rings. The van der Waals surface area contributed by atoms with Crippen LogP contribution in [0.3, 0.4) is 0 Å². The van der Waals surface area contributed by atoms with E-state index in [0.717, 1.165) is 25.8 Å². The molecule has 11 heteroatoms. The number of rotatable bonds is 5. The van der Waals surface area contributed by atoms with Gasteiger partial charge in [0, 0.05) is 19.7 Å². The van der Waals surface area contributed by atoms with E-state index in [1.54, 1.807) is 31.2 Å². The number of fused-ring (bicyclic) bond motifs is 2. The lowest BCUT2D eigenvalue weighted by Crippen LogP contribution is -2.32. The summed E-state index contributed by atoms with van der Waals surface area (Å²) in [6, 6.07) is 14.6. The molecular weight excluding hydrogens is 620 g/mol. The maximum Gasteiger partial charge on any atom is 0.326 e. The molecule has 0 unspecified atom stereocenters. The van der Waals surface area contributed by atoms with Crippen LogP contribution in [0.1, 0.15) is 23.3 Å². The van der Waals surface area contributed by atoms with Crippen LogP contribution in [0.2, 0.25) is 0 Å². The molecule has 2 aliphatic rings. The molecule has 0 saturated carbocycles. The van der Waals surface area contributed by atoms with Gasteiger partial charge in [-0.05, 0) is 48.9 Å². The highest BCUT2D eigenvalue weighted by atomic mass is 79.9. The summed E-state index contributed by atoms with van der Waals surface area (Å²) in [5.41, 5.74) is 1.32. The average Bonchev–Trinajstić information content (AvgIpc) is 3.26. The van der Waals surface area contributed by atoms with Crippen molar-refractivity contribution in [1.29, 1.82) is 0 Å². The van der Waals surface area contributed by atoms with Crippen LogP contribution in [-0.2, 0) is 25.7 Å². The van der Waals surface area contributed by atoms with Crippen LogP contribution in [0.5, 0.6) is 0 Å². The van der Waals surface area contributed by atoms with Crippen LogP contribution in [0, 0.1) is 5.92 Å². The number of imide groups is 1. The summed E-state index contributed by atoms with van der Waals surface area (Å²) in [6.07, 6.45) is 0. The van der Waals surface area contributed by atoms with Gasteiger partial charge in [-0.15, -0.1) is 0 Å². The zero-order chi connectivity index (χ0) is 24.9. The fraction of sp³-hybridized carbons (Fsp3) is 0.250. The topological polar surface area (TPSA) is 85.7 Å². The van der Waals surface area contributed by atoms with E-state index >= 15 is 0 Å². The normalized spacial score (nSPS) is 21.1. The first-order chi connectivity index (χ1) is 16.8. The third kappa shape index (κ3) is 4.32. The number of carbonyl (C=O) groups is 3. The van der Waals surface area contributed by atoms with Crippen molar-refractivity contribution in [3.05, 3.63) is 77.6 Å². The van der Waals surface area contributed by atoms with Gasteiger partial charge in [-0.2, -0.15) is 0 Å². The van der Waals surface area contributed by atoms with Gasteiger partial charge in [0.05, 0.1) is 23.2 Å². The maximum atomic E-state index is 13.8. The Morgan fingerprint density at radius 2 is 1.77 bits per heavy atom. The Labute approximate surface area is 225 Å². The van der Waals surface area contributed by atoms with Crippen molar-refractivity contribution < 1.29 is 19.1 Å². The summed E-state index contributed by atoms with van der Waals surface area (Å²) < 4.78 is 8.08. The van der Waals surface area contributed by atoms with Gasteiger partial charge >= 0.3 is 10.8 Å². The maximum absolute atomic E-state index is 13.8. The van der Waals surface area contributed by atoms with Crippen molar-refractivity contribution in [3.63, 3.8) is 0 Å². The van der Waals surface area contributed by atoms with Crippen LogP contribution in [0.25, 0.3) is 0 Å². The van der Waals surface area contributed by atoms with E-state index in [-0.39, 0.29) is 29.8 Å². The van der Waals surface area contributed by atoms with Gasteiger partial charge in [0.2, 0.25) is 11.8 Å². The number of benzene rings is 2. The molecule has 2 aromatic carbocycles. The first-order valence-electron chi connectivity index (χ1n) is 10.7. The molecule has 3 aromatic rings. The predicted octanol–water partition coefficient (Wildman–Crippen LogP) is 4.79. The lowest BCUT2D eigenvalue weighted by Gasteiger charge is -2.30. The quantitative estimate of drug-likeness (QED) is 0.295. The van der Waals surface area contributed by atoms with Gasteiger partial charge in [0.15, 0.2) is 0 Å². The summed E-state index contributed by atoms with van der Waals surface area (Å²) in [4.78, 5) is 54.2. The fourth-order valence-electron chi connectivity index (χ4n) is 4.49. The van der Waals surface area contributed by atoms with Crippen LogP contribution in [0.4, 0.5) is 5.69 Å². The number of halogens is 2. The number of carbonyl (C=O) groups excluding carboxylic acids is 3. The molecule has 3 atom stereocenters.